The smallest absolute Gasteiger partial charge is 0.240 e. The van der Waals surface area contributed by atoms with E-state index in [0.29, 0.717) is 13.0 Å². The number of hydrogen-bond donors (Lipinski definition) is 2. The molecule has 1 aromatic carbocycles. The Labute approximate surface area is 123 Å². The van der Waals surface area contributed by atoms with Crippen LogP contribution in [0.4, 0.5) is 0 Å². The molecule has 0 radical (unpaired) electrons. The van der Waals surface area contributed by atoms with Crippen molar-refractivity contribution in [2.75, 3.05) is 6.54 Å². The Bertz CT molecular complexity index is 648. The van der Waals surface area contributed by atoms with Crippen molar-refractivity contribution in [2.24, 2.45) is 0 Å². The third kappa shape index (κ3) is 3.89. The van der Waals surface area contributed by atoms with E-state index in [1.54, 1.807) is 37.3 Å². The Morgan fingerprint density at radius 1 is 1.20 bits per heavy atom. The Balaban J connectivity index is 1.92. The van der Waals surface area contributed by atoms with Crippen LogP contribution in [0.1, 0.15) is 22.8 Å². The van der Waals surface area contributed by atoms with Crippen LogP contribution in [0.2, 0.25) is 0 Å². The molecule has 2 N–H and O–H groups in total. The number of aliphatic hydroxyl groups is 1. The highest BCUT2D eigenvalue weighted by molar-refractivity contribution is 7.89. The van der Waals surface area contributed by atoms with Gasteiger partial charge in [-0.3, -0.25) is 0 Å². The van der Waals surface area contributed by atoms with E-state index < -0.39 is 16.1 Å². The van der Waals surface area contributed by atoms with Gasteiger partial charge >= 0.3 is 0 Å². The molecule has 0 bridgehead atoms. The van der Waals surface area contributed by atoms with E-state index in [2.05, 4.69) is 4.72 Å². The maximum Gasteiger partial charge on any atom is 0.240 e. The van der Waals surface area contributed by atoms with Crippen molar-refractivity contribution >= 4 is 21.4 Å². The molecular formula is C14H17NO3S2. The Morgan fingerprint density at radius 2 is 1.90 bits per heavy atom. The molecule has 4 nitrogen and oxygen atoms in total. The number of aliphatic hydroxyl groups excluding tert-OH is 1. The van der Waals surface area contributed by atoms with Crippen LogP contribution in [-0.2, 0) is 16.4 Å². The Hall–Kier alpha value is -1.21. The zero-order valence-corrected chi connectivity index (χ0v) is 12.7. The third-order valence-corrected chi connectivity index (χ3v) is 5.60. The highest BCUT2D eigenvalue weighted by atomic mass is 32.2. The lowest BCUT2D eigenvalue weighted by atomic mass is 10.3. The average molecular weight is 311 g/mol. The Morgan fingerprint density at radius 3 is 2.50 bits per heavy atom. The predicted octanol–water partition coefficient (Wildman–Crippen LogP) is 2.32. The third-order valence-electron chi connectivity index (χ3n) is 2.81. The predicted molar refractivity (Wildman–Crippen MR) is 80.3 cm³/mol. The maximum atomic E-state index is 12.0. The van der Waals surface area contributed by atoms with Crippen LogP contribution in [0, 0.1) is 0 Å². The number of rotatable bonds is 6. The van der Waals surface area contributed by atoms with Gasteiger partial charge in [-0.2, -0.15) is 0 Å². The van der Waals surface area contributed by atoms with E-state index in [9.17, 15) is 13.5 Å². The van der Waals surface area contributed by atoms with Gasteiger partial charge in [0, 0.05) is 16.3 Å². The Kier molecular flexibility index (Phi) is 4.93. The molecule has 1 aromatic heterocycles. The first-order valence-corrected chi connectivity index (χ1v) is 8.60. The van der Waals surface area contributed by atoms with Crippen molar-refractivity contribution in [1.29, 1.82) is 0 Å². The van der Waals surface area contributed by atoms with Crippen molar-refractivity contribution < 1.29 is 13.5 Å². The first-order valence-electron chi connectivity index (χ1n) is 6.30. The fourth-order valence-electron chi connectivity index (χ4n) is 1.74. The van der Waals surface area contributed by atoms with E-state index in [-0.39, 0.29) is 4.90 Å². The second-order valence-corrected chi connectivity index (χ2v) is 7.41. The summed E-state index contributed by atoms with van der Waals surface area (Å²) in [5.74, 6) is 0. The summed E-state index contributed by atoms with van der Waals surface area (Å²) < 4.78 is 26.6. The monoisotopic (exact) mass is 311 g/mol. The lowest BCUT2D eigenvalue weighted by molar-refractivity contribution is 0.203. The molecule has 0 saturated carbocycles. The molecule has 0 fully saturated rings. The average Bonchev–Trinajstić information content (AvgIpc) is 2.89. The van der Waals surface area contributed by atoms with Gasteiger partial charge in [0.1, 0.15) is 0 Å². The van der Waals surface area contributed by atoms with Gasteiger partial charge in [-0.05, 0) is 37.6 Å². The minimum absolute atomic E-state index is 0.274. The molecule has 2 aromatic rings. The summed E-state index contributed by atoms with van der Waals surface area (Å²) >= 11 is 1.50. The molecule has 0 aliphatic carbocycles. The van der Waals surface area contributed by atoms with Crippen LogP contribution in [0.15, 0.2) is 47.4 Å². The van der Waals surface area contributed by atoms with E-state index in [1.165, 1.54) is 11.3 Å². The summed E-state index contributed by atoms with van der Waals surface area (Å²) in [6.07, 6.45) is 0.137. The molecule has 0 spiro atoms. The summed E-state index contributed by atoms with van der Waals surface area (Å²) in [4.78, 5) is 2.22. The molecule has 0 aliphatic rings. The number of benzene rings is 1. The molecule has 0 amide bonds. The maximum absolute atomic E-state index is 12.0. The SMILES string of the molecule is CC(O)c1ccc(CCNS(=O)(=O)c2ccccc2)s1. The van der Waals surface area contributed by atoms with Crippen molar-refractivity contribution in [2.45, 2.75) is 24.3 Å². The largest absolute Gasteiger partial charge is 0.388 e. The summed E-state index contributed by atoms with van der Waals surface area (Å²) in [5, 5.41) is 9.44. The standard InChI is InChI=1S/C14H17NO3S2/c1-11(16)14-8-7-12(19-14)9-10-15-20(17,18)13-5-3-2-4-6-13/h2-8,11,15-16H,9-10H2,1H3. The van der Waals surface area contributed by atoms with Gasteiger partial charge in [0.25, 0.3) is 0 Å². The second kappa shape index (κ2) is 6.49. The van der Waals surface area contributed by atoms with Gasteiger partial charge in [0.15, 0.2) is 0 Å². The van der Waals surface area contributed by atoms with Gasteiger partial charge in [-0.25, -0.2) is 13.1 Å². The number of sulfonamides is 1. The molecule has 2 rings (SSSR count). The van der Waals surface area contributed by atoms with Gasteiger partial charge in [-0.1, -0.05) is 18.2 Å². The quantitative estimate of drug-likeness (QED) is 0.860. The van der Waals surface area contributed by atoms with E-state index >= 15 is 0 Å². The van der Waals surface area contributed by atoms with Crippen LogP contribution >= 0.6 is 11.3 Å². The lowest BCUT2D eigenvalue weighted by Crippen LogP contribution is -2.25. The van der Waals surface area contributed by atoms with Gasteiger partial charge in [0.05, 0.1) is 11.0 Å². The van der Waals surface area contributed by atoms with Crippen LogP contribution in [-0.4, -0.2) is 20.1 Å². The molecule has 1 atom stereocenters. The highest BCUT2D eigenvalue weighted by Gasteiger charge is 2.12. The van der Waals surface area contributed by atoms with E-state index in [4.69, 9.17) is 0 Å². The second-order valence-electron chi connectivity index (χ2n) is 4.44. The normalized spacial score (nSPS) is 13.3. The lowest BCUT2D eigenvalue weighted by Gasteiger charge is -2.05. The van der Waals surface area contributed by atoms with Crippen LogP contribution in [0.3, 0.4) is 0 Å². The molecule has 20 heavy (non-hydrogen) atoms. The van der Waals surface area contributed by atoms with E-state index in [1.807, 2.05) is 12.1 Å². The van der Waals surface area contributed by atoms with Crippen LogP contribution in [0.5, 0.6) is 0 Å². The minimum atomic E-state index is -3.43. The molecule has 0 saturated heterocycles. The zero-order valence-electron chi connectivity index (χ0n) is 11.1. The van der Waals surface area contributed by atoms with Gasteiger partial charge in [0.2, 0.25) is 10.0 Å². The van der Waals surface area contributed by atoms with Crippen molar-refractivity contribution in [3.63, 3.8) is 0 Å². The van der Waals surface area contributed by atoms with Gasteiger partial charge in [-0.15, -0.1) is 11.3 Å². The van der Waals surface area contributed by atoms with Crippen molar-refractivity contribution in [3.05, 3.63) is 52.2 Å². The first-order chi connectivity index (χ1) is 9.49. The summed E-state index contributed by atoms with van der Waals surface area (Å²) in [5.41, 5.74) is 0. The topological polar surface area (TPSA) is 66.4 Å². The fraction of sp³-hybridized carbons (Fsp3) is 0.286. The highest BCUT2D eigenvalue weighted by Crippen LogP contribution is 2.23. The molecule has 1 heterocycles. The van der Waals surface area contributed by atoms with Crippen molar-refractivity contribution in [1.82, 2.24) is 4.72 Å². The summed E-state index contributed by atoms with van der Waals surface area (Å²) in [7, 11) is -3.43. The molecule has 1 unspecified atom stereocenters. The van der Waals surface area contributed by atoms with E-state index in [0.717, 1.165) is 9.75 Å². The number of thiophene rings is 1. The molecule has 108 valence electrons. The fourth-order valence-corrected chi connectivity index (χ4v) is 3.75. The number of nitrogens with one attached hydrogen (secondary N) is 1. The number of hydrogen-bond acceptors (Lipinski definition) is 4. The van der Waals surface area contributed by atoms with Crippen molar-refractivity contribution in [3.8, 4) is 0 Å². The first kappa shape index (κ1) is 15.2. The van der Waals surface area contributed by atoms with Gasteiger partial charge < -0.3 is 5.11 Å². The molecular weight excluding hydrogens is 294 g/mol. The molecule has 0 aliphatic heterocycles. The summed E-state index contributed by atoms with van der Waals surface area (Å²) in [6.45, 7) is 2.06. The van der Waals surface area contributed by atoms with Crippen LogP contribution in [0.25, 0.3) is 0 Å². The summed E-state index contributed by atoms with van der Waals surface area (Å²) in [6, 6.07) is 12.1. The molecule has 6 heteroatoms. The van der Waals surface area contributed by atoms with Crippen LogP contribution < -0.4 is 4.72 Å². The minimum Gasteiger partial charge on any atom is -0.388 e. The zero-order chi connectivity index (χ0) is 14.6.